The van der Waals surface area contributed by atoms with E-state index in [0.29, 0.717) is 24.5 Å². The highest BCUT2D eigenvalue weighted by atomic mass is 16.4. The van der Waals surface area contributed by atoms with Crippen molar-refractivity contribution in [1.29, 1.82) is 5.26 Å². The molecule has 0 radical (unpaired) electrons. The van der Waals surface area contributed by atoms with Crippen molar-refractivity contribution in [2.75, 3.05) is 11.4 Å². The van der Waals surface area contributed by atoms with Crippen LogP contribution in [0.1, 0.15) is 29.6 Å². The lowest BCUT2D eigenvalue weighted by Gasteiger charge is -2.23. The molecule has 6 nitrogen and oxygen atoms in total. The molecule has 1 aliphatic carbocycles. The molecular weight excluding hydrogens is 268 g/mol. The van der Waals surface area contributed by atoms with Gasteiger partial charge in [0.25, 0.3) is 0 Å². The molecule has 2 aromatic rings. The molecule has 0 unspecified atom stereocenters. The number of rotatable bonds is 5. The van der Waals surface area contributed by atoms with Gasteiger partial charge in [0.05, 0.1) is 23.6 Å². The number of benzene rings is 1. The molecule has 1 aliphatic rings. The average Bonchev–Trinajstić information content (AvgIpc) is 3.32. The van der Waals surface area contributed by atoms with E-state index < -0.39 is 5.97 Å². The van der Waals surface area contributed by atoms with Crippen LogP contribution in [0.2, 0.25) is 0 Å². The molecule has 0 bridgehead atoms. The third-order valence-corrected chi connectivity index (χ3v) is 3.59. The zero-order valence-corrected chi connectivity index (χ0v) is 11.4. The number of carboxylic acid groups (broad SMARTS) is 1. The Bertz CT molecular complexity index is 734. The molecule has 1 heterocycles. The summed E-state index contributed by atoms with van der Waals surface area (Å²) in [6.45, 7) is 0.633. The fourth-order valence-corrected chi connectivity index (χ4v) is 2.42. The number of carbonyl (C=O) groups is 1. The van der Waals surface area contributed by atoms with Crippen LogP contribution in [0, 0.1) is 11.3 Å². The highest BCUT2D eigenvalue weighted by Gasteiger charge is 2.30. The molecule has 6 heteroatoms. The van der Waals surface area contributed by atoms with E-state index in [-0.39, 0.29) is 5.56 Å². The van der Waals surface area contributed by atoms with Crippen LogP contribution in [0.15, 0.2) is 24.5 Å². The van der Waals surface area contributed by atoms with Gasteiger partial charge in [-0.15, -0.1) is 0 Å². The number of aromatic carboxylic acids is 1. The van der Waals surface area contributed by atoms with Crippen LogP contribution in [0.4, 0.5) is 5.82 Å². The van der Waals surface area contributed by atoms with E-state index in [4.69, 9.17) is 10.4 Å². The molecule has 3 rings (SSSR count). The van der Waals surface area contributed by atoms with Gasteiger partial charge in [-0.2, -0.15) is 5.26 Å². The van der Waals surface area contributed by atoms with E-state index in [2.05, 4.69) is 20.9 Å². The van der Waals surface area contributed by atoms with Gasteiger partial charge in [-0.25, -0.2) is 14.8 Å². The number of carboxylic acids is 1. The fourth-order valence-electron chi connectivity index (χ4n) is 2.42. The number of aromatic nitrogens is 2. The molecule has 1 aromatic carbocycles. The zero-order valence-electron chi connectivity index (χ0n) is 11.4. The number of fused-ring (bicyclic) bond motifs is 1. The van der Waals surface area contributed by atoms with Crippen LogP contribution in [-0.4, -0.2) is 33.6 Å². The van der Waals surface area contributed by atoms with Crippen molar-refractivity contribution in [2.24, 2.45) is 0 Å². The molecule has 1 fully saturated rings. The summed E-state index contributed by atoms with van der Waals surface area (Å²) in [6.07, 6.45) is 4.09. The normalized spacial score (nSPS) is 13.9. The third kappa shape index (κ3) is 2.63. The predicted molar refractivity (Wildman–Crippen MR) is 77.1 cm³/mol. The van der Waals surface area contributed by atoms with E-state index >= 15 is 0 Å². The number of nitrogens with zero attached hydrogens (tertiary/aromatic N) is 4. The van der Waals surface area contributed by atoms with E-state index in [0.717, 1.165) is 24.0 Å². The lowest BCUT2D eigenvalue weighted by molar-refractivity contribution is 0.0697. The molecule has 1 N–H and O–H groups in total. The largest absolute Gasteiger partial charge is 0.478 e. The summed E-state index contributed by atoms with van der Waals surface area (Å²) < 4.78 is 0. The number of nitriles is 1. The summed E-state index contributed by atoms with van der Waals surface area (Å²) in [7, 11) is 0. The van der Waals surface area contributed by atoms with E-state index in [1.54, 1.807) is 18.2 Å². The number of hydrogen-bond donors (Lipinski definition) is 1. The van der Waals surface area contributed by atoms with Gasteiger partial charge in [0.15, 0.2) is 0 Å². The Morgan fingerprint density at radius 3 is 2.90 bits per heavy atom. The Morgan fingerprint density at radius 2 is 2.24 bits per heavy atom. The second-order valence-corrected chi connectivity index (χ2v) is 5.07. The maximum atomic E-state index is 11.0. The molecule has 1 aromatic heterocycles. The standard InChI is InChI=1S/C15H14N4O2/c16-6-1-7-19(11-3-4-11)14-12-5-2-10(15(20)21)8-13(12)17-9-18-14/h2,5,8-9,11H,1,3-4,7H2,(H,20,21). The first-order chi connectivity index (χ1) is 10.2. The number of anilines is 1. The molecule has 0 saturated heterocycles. The summed E-state index contributed by atoms with van der Waals surface area (Å²) in [5.74, 6) is -0.185. The van der Waals surface area contributed by atoms with Crippen LogP contribution in [0.5, 0.6) is 0 Å². The summed E-state index contributed by atoms with van der Waals surface area (Å²) in [4.78, 5) is 21.7. The van der Waals surface area contributed by atoms with Crippen LogP contribution >= 0.6 is 0 Å². The van der Waals surface area contributed by atoms with E-state index in [1.807, 2.05) is 0 Å². The Morgan fingerprint density at radius 1 is 1.43 bits per heavy atom. The van der Waals surface area contributed by atoms with Crippen LogP contribution in [-0.2, 0) is 0 Å². The van der Waals surface area contributed by atoms with Gasteiger partial charge in [-0.3, -0.25) is 0 Å². The third-order valence-electron chi connectivity index (χ3n) is 3.59. The van der Waals surface area contributed by atoms with Crippen molar-refractivity contribution < 1.29 is 9.90 Å². The molecule has 0 amide bonds. The van der Waals surface area contributed by atoms with Gasteiger partial charge >= 0.3 is 5.97 Å². The summed E-state index contributed by atoms with van der Waals surface area (Å²) >= 11 is 0. The first kappa shape index (κ1) is 13.3. The van der Waals surface area contributed by atoms with Crippen LogP contribution < -0.4 is 4.90 Å². The van der Waals surface area contributed by atoms with Crippen LogP contribution in [0.3, 0.4) is 0 Å². The van der Waals surface area contributed by atoms with E-state index in [1.165, 1.54) is 6.33 Å². The summed E-state index contributed by atoms with van der Waals surface area (Å²) in [6, 6.07) is 7.45. The highest BCUT2D eigenvalue weighted by Crippen LogP contribution is 2.34. The quantitative estimate of drug-likeness (QED) is 0.904. The molecule has 21 heavy (non-hydrogen) atoms. The minimum absolute atomic E-state index is 0.210. The van der Waals surface area contributed by atoms with Gasteiger partial charge in [0.2, 0.25) is 0 Å². The summed E-state index contributed by atoms with van der Waals surface area (Å²) in [5.41, 5.74) is 0.824. The van der Waals surface area contributed by atoms with Crippen molar-refractivity contribution in [3.8, 4) is 6.07 Å². The van der Waals surface area contributed by atoms with Gasteiger partial charge in [-0.1, -0.05) is 0 Å². The van der Waals surface area contributed by atoms with Gasteiger partial charge in [0.1, 0.15) is 12.1 Å². The molecule has 0 spiro atoms. The Hall–Kier alpha value is -2.68. The second kappa shape index (κ2) is 5.37. The Labute approximate surface area is 121 Å². The predicted octanol–water partition coefficient (Wildman–Crippen LogP) is 2.21. The zero-order chi connectivity index (χ0) is 14.8. The van der Waals surface area contributed by atoms with Gasteiger partial charge in [0, 0.05) is 18.0 Å². The maximum absolute atomic E-state index is 11.0. The number of hydrogen-bond acceptors (Lipinski definition) is 5. The molecule has 0 atom stereocenters. The minimum atomic E-state index is -0.972. The minimum Gasteiger partial charge on any atom is -0.478 e. The van der Waals surface area contributed by atoms with Crippen molar-refractivity contribution in [2.45, 2.75) is 25.3 Å². The topological polar surface area (TPSA) is 90.1 Å². The fraction of sp³-hybridized carbons (Fsp3) is 0.333. The second-order valence-electron chi connectivity index (χ2n) is 5.07. The molecule has 106 valence electrons. The highest BCUT2D eigenvalue weighted by molar-refractivity contribution is 5.96. The van der Waals surface area contributed by atoms with Crippen LogP contribution in [0.25, 0.3) is 10.9 Å². The van der Waals surface area contributed by atoms with Crippen molar-refractivity contribution >= 4 is 22.7 Å². The lowest BCUT2D eigenvalue weighted by Crippen LogP contribution is -2.27. The van der Waals surface area contributed by atoms with Crippen molar-refractivity contribution in [1.82, 2.24) is 9.97 Å². The SMILES string of the molecule is N#CCCN(c1ncnc2cc(C(=O)O)ccc12)C1CC1. The maximum Gasteiger partial charge on any atom is 0.335 e. The molecular formula is C15H14N4O2. The molecule has 1 saturated carbocycles. The Balaban J connectivity index is 2.05. The van der Waals surface area contributed by atoms with E-state index in [9.17, 15) is 4.79 Å². The molecule has 0 aliphatic heterocycles. The van der Waals surface area contributed by atoms with Crippen molar-refractivity contribution in [3.05, 3.63) is 30.1 Å². The van der Waals surface area contributed by atoms with Crippen molar-refractivity contribution in [3.63, 3.8) is 0 Å². The van der Waals surface area contributed by atoms with Gasteiger partial charge in [-0.05, 0) is 31.0 Å². The van der Waals surface area contributed by atoms with Gasteiger partial charge < -0.3 is 10.0 Å². The lowest BCUT2D eigenvalue weighted by atomic mass is 10.1. The Kier molecular flexibility index (Phi) is 3.40. The first-order valence-corrected chi connectivity index (χ1v) is 6.82. The smallest absolute Gasteiger partial charge is 0.335 e. The first-order valence-electron chi connectivity index (χ1n) is 6.82. The summed E-state index contributed by atoms with van der Waals surface area (Å²) in [5, 5.41) is 18.7. The average molecular weight is 282 g/mol. The monoisotopic (exact) mass is 282 g/mol.